The molecular formula is C82H66N4. The summed E-state index contributed by atoms with van der Waals surface area (Å²) in [5.74, 6) is 0. The fraction of sp³-hybridized carbons (Fsp3) is 0.122. The molecule has 2 heterocycles. The molecule has 16 rings (SSSR count). The van der Waals surface area contributed by atoms with Gasteiger partial charge in [0.1, 0.15) is 0 Å². The number of nitrogens with zero attached hydrogens (tertiary/aromatic N) is 4. The topological polar surface area (TPSA) is 16.3 Å². The molecule has 0 bridgehead atoms. The number of hydrogen-bond donors (Lipinski definition) is 0. The molecule has 0 spiro atoms. The summed E-state index contributed by atoms with van der Waals surface area (Å²) in [4.78, 5) is 4.97. The van der Waals surface area contributed by atoms with E-state index in [-0.39, 0.29) is 10.8 Å². The molecule has 14 aromatic rings. The van der Waals surface area contributed by atoms with E-state index in [1.807, 2.05) is 0 Å². The van der Waals surface area contributed by atoms with Crippen LogP contribution in [0.4, 0.5) is 34.1 Å². The molecule has 0 atom stereocenters. The maximum atomic E-state index is 2.48. The number of rotatable bonds is 11. The van der Waals surface area contributed by atoms with Crippen LogP contribution in [0.2, 0.25) is 0 Å². The van der Waals surface area contributed by atoms with Crippen molar-refractivity contribution in [3.05, 3.63) is 311 Å². The summed E-state index contributed by atoms with van der Waals surface area (Å²) < 4.78 is 4.80. The van der Waals surface area contributed by atoms with E-state index in [1.165, 1.54) is 110 Å². The van der Waals surface area contributed by atoms with E-state index in [1.54, 1.807) is 0 Å². The Bertz CT molecular complexity index is 4720. The Hall–Kier alpha value is -10.2. The van der Waals surface area contributed by atoms with Crippen LogP contribution in [-0.4, -0.2) is 9.13 Å². The summed E-state index contributed by atoms with van der Waals surface area (Å²) in [6, 6.07) is 99.7. The molecule has 4 heteroatoms. The van der Waals surface area contributed by atoms with E-state index < -0.39 is 0 Å². The summed E-state index contributed by atoms with van der Waals surface area (Å²) >= 11 is 0. The average molecular weight is 1110 g/mol. The molecule has 0 aliphatic heterocycles. The molecule has 0 fully saturated rings. The van der Waals surface area contributed by atoms with Crippen molar-refractivity contribution in [2.75, 3.05) is 9.80 Å². The fourth-order valence-electron chi connectivity index (χ4n) is 14.9. The van der Waals surface area contributed by atoms with E-state index in [0.717, 1.165) is 58.3 Å². The van der Waals surface area contributed by atoms with Crippen LogP contribution in [0.15, 0.2) is 267 Å². The number of aromatic nitrogens is 2. The van der Waals surface area contributed by atoms with Crippen LogP contribution in [0.5, 0.6) is 0 Å². The number of anilines is 6. The molecule has 2 aromatic heterocycles. The van der Waals surface area contributed by atoms with Gasteiger partial charge in [0.05, 0.1) is 22.1 Å². The fourth-order valence-corrected chi connectivity index (χ4v) is 14.9. The molecule has 86 heavy (non-hydrogen) atoms. The third-order valence-electron chi connectivity index (χ3n) is 19.3. The first-order valence-corrected chi connectivity index (χ1v) is 30.4. The highest BCUT2D eigenvalue weighted by Crippen LogP contribution is 2.53. The zero-order valence-electron chi connectivity index (χ0n) is 49.6. The van der Waals surface area contributed by atoms with Crippen molar-refractivity contribution in [3.8, 4) is 33.6 Å². The van der Waals surface area contributed by atoms with Crippen molar-refractivity contribution in [1.82, 2.24) is 9.13 Å². The minimum atomic E-state index is -0.138. The Balaban J connectivity index is 0.759. The second kappa shape index (κ2) is 19.7. The molecule has 2 aliphatic carbocycles. The maximum Gasteiger partial charge on any atom is 0.0542 e. The van der Waals surface area contributed by atoms with Crippen molar-refractivity contribution >= 4 is 77.7 Å². The molecule has 12 aromatic carbocycles. The van der Waals surface area contributed by atoms with Gasteiger partial charge in [0.25, 0.3) is 0 Å². The summed E-state index contributed by atoms with van der Waals surface area (Å²) in [6.45, 7) is 14.1. The van der Waals surface area contributed by atoms with Gasteiger partial charge in [-0.25, -0.2) is 0 Å². The van der Waals surface area contributed by atoms with Crippen LogP contribution in [0.1, 0.15) is 72.2 Å². The van der Waals surface area contributed by atoms with Crippen LogP contribution >= 0.6 is 0 Å². The molecule has 0 amide bonds. The first kappa shape index (κ1) is 51.5. The van der Waals surface area contributed by atoms with Crippen LogP contribution < -0.4 is 9.80 Å². The van der Waals surface area contributed by atoms with Gasteiger partial charge < -0.3 is 18.9 Å². The zero-order chi connectivity index (χ0) is 58.0. The summed E-state index contributed by atoms with van der Waals surface area (Å²) in [5.41, 5.74) is 29.8. The first-order chi connectivity index (χ1) is 42.0. The second-order valence-electron chi connectivity index (χ2n) is 25.0. The molecule has 0 saturated carbocycles. The third-order valence-corrected chi connectivity index (χ3v) is 19.3. The van der Waals surface area contributed by atoms with Crippen molar-refractivity contribution < 1.29 is 0 Å². The Morgan fingerprint density at radius 1 is 0.279 bits per heavy atom. The molecular weight excluding hydrogens is 1040 g/mol. The van der Waals surface area contributed by atoms with Gasteiger partial charge in [0, 0.05) is 77.9 Å². The van der Waals surface area contributed by atoms with Gasteiger partial charge >= 0.3 is 0 Å². The molecule has 414 valence electrons. The van der Waals surface area contributed by atoms with E-state index in [2.05, 4.69) is 327 Å². The minimum Gasteiger partial charge on any atom is -0.310 e. The second-order valence-corrected chi connectivity index (χ2v) is 25.0. The van der Waals surface area contributed by atoms with Crippen molar-refractivity contribution in [3.63, 3.8) is 0 Å². The van der Waals surface area contributed by atoms with Crippen molar-refractivity contribution in [2.45, 2.75) is 65.2 Å². The molecule has 0 unspecified atom stereocenters. The first-order valence-electron chi connectivity index (χ1n) is 30.4. The van der Waals surface area contributed by atoms with Gasteiger partial charge in [0.15, 0.2) is 0 Å². The van der Waals surface area contributed by atoms with E-state index in [0.29, 0.717) is 0 Å². The number of para-hydroxylation sites is 4. The Morgan fingerprint density at radius 2 is 0.605 bits per heavy atom. The monoisotopic (exact) mass is 1110 g/mol. The Morgan fingerprint density at radius 3 is 1.03 bits per heavy atom. The number of hydrogen-bond acceptors (Lipinski definition) is 2. The standard InChI is InChI=1S/C82H66N4/c1-53-47-59(83(63-39-43-67-65-25-13-17-29-73(65)81(3,4)75(67)51-63)61-41-45-79-71(49-61)69-27-15-19-31-77(69)85(79)57-21-9-7-10-22-57)37-35-55(53)33-34-56-36-38-60(48-54(56)2)84(64-40-44-68-66-26-14-18-30-74(66)82(5,6)76(68)52-64)62-42-46-80-72(50-62)70-28-16-20-32-78(70)86(80)58-23-11-8-12-24-58/h7-32,35-52H,33-34H2,1-6H3. The van der Waals surface area contributed by atoms with Gasteiger partial charge in [-0.3, -0.25) is 0 Å². The number of aryl methyl sites for hydroxylation is 4. The van der Waals surface area contributed by atoms with E-state index in [4.69, 9.17) is 0 Å². The van der Waals surface area contributed by atoms with Crippen molar-refractivity contribution in [2.24, 2.45) is 0 Å². The molecule has 0 saturated heterocycles. The minimum absolute atomic E-state index is 0.138. The predicted octanol–water partition coefficient (Wildman–Crippen LogP) is 21.8. The smallest absolute Gasteiger partial charge is 0.0542 e. The van der Waals surface area contributed by atoms with E-state index in [9.17, 15) is 0 Å². The summed E-state index contributed by atoms with van der Waals surface area (Å²) in [6.07, 6.45) is 1.85. The molecule has 4 nitrogen and oxygen atoms in total. The van der Waals surface area contributed by atoms with Crippen LogP contribution in [-0.2, 0) is 23.7 Å². The number of fused-ring (bicyclic) bond motifs is 12. The Kier molecular flexibility index (Phi) is 11.8. The SMILES string of the molecule is Cc1cc(N(c2ccc3c(c2)C(C)(C)c2ccccc2-3)c2ccc3c(c2)c2ccccc2n3-c2ccccc2)ccc1CCc1ccc(N(c2ccc3c(c2)C(C)(C)c2ccccc2-3)c2ccc3c(c2)c2ccccc2n3-c2ccccc2)cc1C. The Labute approximate surface area is 504 Å². The van der Waals surface area contributed by atoms with Crippen LogP contribution in [0.3, 0.4) is 0 Å². The lowest BCUT2D eigenvalue weighted by Gasteiger charge is -2.29. The highest BCUT2D eigenvalue weighted by Gasteiger charge is 2.37. The maximum absolute atomic E-state index is 2.48. The number of benzene rings is 12. The van der Waals surface area contributed by atoms with Gasteiger partial charge in [-0.2, -0.15) is 0 Å². The summed E-state index contributed by atoms with van der Waals surface area (Å²) in [7, 11) is 0. The quantitative estimate of drug-likeness (QED) is 0.128. The lowest BCUT2D eigenvalue weighted by Crippen LogP contribution is -2.16. The van der Waals surface area contributed by atoms with Gasteiger partial charge in [0.2, 0.25) is 0 Å². The lowest BCUT2D eigenvalue weighted by molar-refractivity contribution is 0.660. The van der Waals surface area contributed by atoms with Crippen LogP contribution in [0, 0.1) is 13.8 Å². The van der Waals surface area contributed by atoms with E-state index >= 15 is 0 Å². The molecule has 2 aliphatic rings. The highest BCUT2D eigenvalue weighted by molar-refractivity contribution is 6.12. The highest BCUT2D eigenvalue weighted by atomic mass is 15.2. The normalized spacial score (nSPS) is 13.5. The average Bonchev–Trinajstić information content (AvgIpc) is 3.31. The van der Waals surface area contributed by atoms with Crippen LogP contribution in [0.25, 0.3) is 77.2 Å². The molecule has 0 N–H and O–H groups in total. The predicted molar refractivity (Wildman–Crippen MR) is 363 cm³/mol. The lowest BCUT2D eigenvalue weighted by atomic mass is 9.82. The van der Waals surface area contributed by atoms with Gasteiger partial charge in [-0.1, -0.05) is 173 Å². The molecule has 0 radical (unpaired) electrons. The zero-order valence-corrected chi connectivity index (χ0v) is 49.6. The summed E-state index contributed by atoms with van der Waals surface area (Å²) in [5, 5.41) is 4.94. The van der Waals surface area contributed by atoms with Gasteiger partial charge in [-0.15, -0.1) is 0 Å². The van der Waals surface area contributed by atoms with Crippen molar-refractivity contribution in [1.29, 1.82) is 0 Å². The van der Waals surface area contributed by atoms with Gasteiger partial charge in [-0.05, 0) is 215 Å². The largest absolute Gasteiger partial charge is 0.310 e. The third kappa shape index (κ3) is 8.03.